The maximum atomic E-state index is 10.5. The van der Waals surface area contributed by atoms with Gasteiger partial charge in [0.1, 0.15) is 6.33 Å². The molecular weight excluding hydrogens is 160 g/mol. The summed E-state index contributed by atoms with van der Waals surface area (Å²) >= 11 is 0. The van der Waals surface area contributed by atoms with Crippen molar-refractivity contribution in [2.24, 2.45) is 0 Å². The summed E-state index contributed by atoms with van der Waals surface area (Å²) in [6.07, 6.45) is 2.74. The zero-order chi connectivity index (χ0) is 8.55. The van der Waals surface area contributed by atoms with Crippen LogP contribution in [0, 0.1) is 0 Å². The highest BCUT2D eigenvalue weighted by Crippen LogP contribution is 2.10. The van der Waals surface area contributed by atoms with Crippen molar-refractivity contribution in [1.29, 1.82) is 0 Å². The number of nitrogens with one attached hydrogen (secondary N) is 1. The fourth-order valence-corrected chi connectivity index (χ4v) is 0.924. The minimum atomic E-state index is -1.09. The van der Waals surface area contributed by atoms with Gasteiger partial charge in [-0.3, -0.25) is 5.10 Å². The van der Waals surface area contributed by atoms with Gasteiger partial charge in [-0.15, -0.1) is 0 Å². The van der Waals surface area contributed by atoms with Gasteiger partial charge in [0.15, 0.2) is 11.3 Å². The van der Waals surface area contributed by atoms with E-state index in [1.807, 2.05) is 0 Å². The largest absolute Gasteiger partial charge is 0.476 e. The maximum Gasteiger partial charge on any atom is 0.357 e. The molecule has 2 heterocycles. The first-order valence-electron chi connectivity index (χ1n) is 3.16. The third-order valence-electron chi connectivity index (χ3n) is 1.44. The number of carbonyl (C=O) groups is 1. The molecule has 0 atom stereocenters. The number of nitrogens with zero attached hydrogens (tertiary/aromatic N) is 3. The van der Waals surface area contributed by atoms with Crippen LogP contribution in [0.3, 0.4) is 0 Å². The van der Waals surface area contributed by atoms with Crippen LogP contribution in [0.1, 0.15) is 10.5 Å². The fraction of sp³-hybridized carbons (Fsp3) is 0. The monoisotopic (exact) mass is 164 g/mol. The molecule has 2 rings (SSSR count). The maximum absolute atomic E-state index is 10.5. The van der Waals surface area contributed by atoms with E-state index in [0.29, 0.717) is 11.0 Å². The zero-order valence-electron chi connectivity index (χ0n) is 5.85. The first kappa shape index (κ1) is 6.71. The highest BCUT2D eigenvalue weighted by atomic mass is 16.4. The minimum absolute atomic E-state index is 0.0504. The molecule has 2 aromatic rings. The molecule has 6 nitrogen and oxygen atoms in total. The van der Waals surface area contributed by atoms with E-state index in [9.17, 15) is 4.79 Å². The van der Waals surface area contributed by atoms with Crippen molar-refractivity contribution in [1.82, 2.24) is 20.2 Å². The third-order valence-corrected chi connectivity index (χ3v) is 1.44. The first-order chi connectivity index (χ1) is 5.79. The van der Waals surface area contributed by atoms with Gasteiger partial charge in [-0.05, 0) is 0 Å². The zero-order valence-corrected chi connectivity index (χ0v) is 5.85. The van der Waals surface area contributed by atoms with Crippen LogP contribution >= 0.6 is 0 Å². The molecule has 2 aromatic heterocycles. The molecule has 0 bridgehead atoms. The molecule has 0 aliphatic carbocycles. The van der Waals surface area contributed by atoms with Gasteiger partial charge < -0.3 is 5.11 Å². The summed E-state index contributed by atoms with van der Waals surface area (Å²) in [6.45, 7) is 0. The number of carboxylic acids is 1. The predicted octanol–water partition coefficient (Wildman–Crippen LogP) is 0.0511. The molecule has 0 fully saturated rings. The summed E-state index contributed by atoms with van der Waals surface area (Å²) in [6, 6.07) is 0. The molecule has 0 unspecified atom stereocenters. The van der Waals surface area contributed by atoms with E-state index in [4.69, 9.17) is 5.11 Å². The van der Waals surface area contributed by atoms with Gasteiger partial charge in [0.25, 0.3) is 0 Å². The number of hydrogen-bond acceptors (Lipinski definition) is 4. The molecule has 2 N–H and O–H groups in total. The predicted molar refractivity (Wildman–Crippen MR) is 38.6 cm³/mol. The van der Waals surface area contributed by atoms with E-state index in [-0.39, 0.29) is 5.69 Å². The fourth-order valence-electron chi connectivity index (χ4n) is 0.924. The molecule has 6 heteroatoms. The number of rotatable bonds is 1. The van der Waals surface area contributed by atoms with Gasteiger partial charge in [-0.25, -0.2) is 14.8 Å². The molecule has 0 radical (unpaired) electrons. The molecule has 0 aromatic carbocycles. The molecule has 0 saturated carbocycles. The Balaban J connectivity index is 2.79. The quantitative estimate of drug-likeness (QED) is 0.621. The van der Waals surface area contributed by atoms with Gasteiger partial charge in [-0.1, -0.05) is 0 Å². The van der Waals surface area contributed by atoms with Crippen molar-refractivity contribution in [3.63, 3.8) is 0 Å². The lowest BCUT2D eigenvalue weighted by Crippen LogP contribution is -1.96. The second-order valence-corrected chi connectivity index (χ2v) is 2.16. The number of hydrogen-bond donors (Lipinski definition) is 2. The van der Waals surface area contributed by atoms with Crippen molar-refractivity contribution >= 4 is 17.0 Å². The third kappa shape index (κ3) is 0.815. The van der Waals surface area contributed by atoms with Crippen LogP contribution < -0.4 is 0 Å². The molecule has 0 spiro atoms. The van der Waals surface area contributed by atoms with Crippen molar-refractivity contribution in [3.8, 4) is 0 Å². The number of carboxylic acid groups (broad SMARTS) is 1. The standard InChI is InChI=1S/C6H4N4O2/c11-6(12)4-3-1-7-2-8-5(3)10-9-4/h1-2H,(H,11,12)(H,7,8,9,10). The van der Waals surface area contributed by atoms with Crippen LogP contribution in [-0.2, 0) is 0 Å². The number of aromatic carboxylic acids is 1. The summed E-state index contributed by atoms with van der Waals surface area (Å²) in [5, 5.41) is 15.1. The summed E-state index contributed by atoms with van der Waals surface area (Å²) in [4.78, 5) is 18.0. The highest BCUT2D eigenvalue weighted by molar-refractivity contribution is 5.99. The van der Waals surface area contributed by atoms with Crippen molar-refractivity contribution < 1.29 is 9.90 Å². The van der Waals surface area contributed by atoms with E-state index in [2.05, 4.69) is 20.2 Å². The highest BCUT2D eigenvalue weighted by Gasteiger charge is 2.12. The smallest absolute Gasteiger partial charge is 0.357 e. The summed E-state index contributed by atoms with van der Waals surface area (Å²) in [7, 11) is 0. The average molecular weight is 164 g/mol. The Labute approximate surface area is 66.3 Å². The lowest BCUT2D eigenvalue weighted by Gasteiger charge is -1.85. The number of H-pyrrole nitrogens is 1. The topological polar surface area (TPSA) is 91.8 Å². The Hall–Kier alpha value is -1.98. The Morgan fingerprint density at radius 3 is 3.17 bits per heavy atom. The van der Waals surface area contributed by atoms with E-state index in [1.165, 1.54) is 12.5 Å². The minimum Gasteiger partial charge on any atom is -0.476 e. The molecular formula is C6H4N4O2. The molecule has 12 heavy (non-hydrogen) atoms. The normalized spacial score (nSPS) is 10.3. The van der Waals surface area contributed by atoms with Crippen molar-refractivity contribution in [2.45, 2.75) is 0 Å². The van der Waals surface area contributed by atoms with E-state index < -0.39 is 5.97 Å². The van der Waals surface area contributed by atoms with E-state index >= 15 is 0 Å². The van der Waals surface area contributed by atoms with Gasteiger partial charge in [0.2, 0.25) is 0 Å². The van der Waals surface area contributed by atoms with Crippen LogP contribution in [0.2, 0.25) is 0 Å². The lowest BCUT2D eigenvalue weighted by molar-refractivity contribution is 0.0692. The molecule has 0 aliphatic rings. The lowest BCUT2D eigenvalue weighted by atomic mass is 10.3. The summed E-state index contributed by atoms with van der Waals surface area (Å²) < 4.78 is 0. The van der Waals surface area contributed by atoms with Crippen molar-refractivity contribution in [2.75, 3.05) is 0 Å². The SMILES string of the molecule is O=C(O)c1n[nH]c2ncncc12. The molecule has 0 amide bonds. The van der Waals surface area contributed by atoms with Gasteiger partial charge in [0.05, 0.1) is 5.39 Å². The van der Waals surface area contributed by atoms with Gasteiger partial charge in [0, 0.05) is 6.20 Å². The molecule has 0 saturated heterocycles. The molecule has 60 valence electrons. The van der Waals surface area contributed by atoms with Crippen LogP contribution in [0.15, 0.2) is 12.5 Å². The van der Waals surface area contributed by atoms with Crippen LogP contribution in [-0.4, -0.2) is 31.2 Å². The first-order valence-corrected chi connectivity index (χ1v) is 3.16. The Morgan fingerprint density at radius 1 is 1.58 bits per heavy atom. The average Bonchev–Trinajstić information content (AvgIpc) is 2.47. The number of aromatic amines is 1. The van der Waals surface area contributed by atoms with E-state index in [1.54, 1.807) is 0 Å². The number of fused-ring (bicyclic) bond motifs is 1. The molecule has 0 aliphatic heterocycles. The van der Waals surface area contributed by atoms with Crippen LogP contribution in [0.4, 0.5) is 0 Å². The van der Waals surface area contributed by atoms with Crippen LogP contribution in [0.25, 0.3) is 11.0 Å². The van der Waals surface area contributed by atoms with E-state index in [0.717, 1.165) is 0 Å². The van der Waals surface area contributed by atoms with Crippen LogP contribution in [0.5, 0.6) is 0 Å². The Morgan fingerprint density at radius 2 is 2.42 bits per heavy atom. The van der Waals surface area contributed by atoms with Crippen molar-refractivity contribution in [3.05, 3.63) is 18.2 Å². The number of aromatic nitrogens is 4. The van der Waals surface area contributed by atoms with Gasteiger partial charge in [-0.2, -0.15) is 5.10 Å². The Bertz CT molecular complexity index is 436. The second-order valence-electron chi connectivity index (χ2n) is 2.16. The second kappa shape index (κ2) is 2.26. The van der Waals surface area contributed by atoms with Gasteiger partial charge >= 0.3 is 5.97 Å². The summed E-state index contributed by atoms with van der Waals surface area (Å²) in [5.41, 5.74) is 0.382. The Kier molecular flexibility index (Phi) is 1.26. The summed E-state index contributed by atoms with van der Waals surface area (Å²) in [5.74, 6) is -1.09.